The molecule has 0 saturated carbocycles. The van der Waals surface area contributed by atoms with Crippen LogP contribution in [0.4, 0.5) is 4.79 Å². The second-order valence-corrected chi connectivity index (χ2v) is 5.60. The van der Waals surface area contributed by atoms with Crippen molar-refractivity contribution in [3.63, 3.8) is 0 Å². The molecule has 2 N–H and O–H groups in total. The van der Waals surface area contributed by atoms with Crippen LogP contribution in [0.25, 0.3) is 0 Å². The summed E-state index contributed by atoms with van der Waals surface area (Å²) in [6, 6.07) is 0.0966. The minimum Gasteiger partial charge on any atom is -0.481 e. The number of hydrogen-bond donors (Lipinski definition) is 2. The molecule has 0 aromatic carbocycles. The molecule has 6 heteroatoms. The van der Waals surface area contributed by atoms with E-state index < -0.39 is 5.97 Å². The van der Waals surface area contributed by atoms with Crippen LogP contribution in [0, 0.1) is 5.92 Å². The van der Waals surface area contributed by atoms with E-state index in [1.54, 1.807) is 23.7 Å². The molecule has 0 bridgehead atoms. The van der Waals surface area contributed by atoms with Gasteiger partial charge >= 0.3 is 12.0 Å². The lowest BCUT2D eigenvalue weighted by molar-refractivity contribution is -0.138. The van der Waals surface area contributed by atoms with Gasteiger partial charge in [-0.3, -0.25) is 4.79 Å². The molecule has 0 spiro atoms. The minimum absolute atomic E-state index is 0.00419. The zero-order valence-corrected chi connectivity index (χ0v) is 13.1. The van der Waals surface area contributed by atoms with Crippen molar-refractivity contribution < 1.29 is 14.7 Å². The van der Waals surface area contributed by atoms with E-state index in [1.807, 2.05) is 13.2 Å². The molecule has 0 rings (SSSR count). The number of carboxylic acid groups (broad SMARTS) is 1. The molecule has 0 saturated heterocycles. The van der Waals surface area contributed by atoms with Crippen molar-refractivity contribution in [1.29, 1.82) is 0 Å². The Morgan fingerprint density at radius 3 is 2.37 bits per heavy atom. The summed E-state index contributed by atoms with van der Waals surface area (Å²) in [6.45, 7) is 4.41. The summed E-state index contributed by atoms with van der Waals surface area (Å²) in [5.41, 5.74) is 0. The number of carbonyl (C=O) groups excluding carboxylic acids is 1. The van der Waals surface area contributed by atoms with Gasteiger partial charge in [0.25, 0.3) is 0 Å². The van der Waals surface area contributed by atoms with Crippen molar-refractivity contribution in [2.45, 2.75) is 39.2 Å². The molecular formula is C13H26N2O3S. The predicted molar refractivity (Wildman–Crippen MR) is 79.7 cm³/mol. The first-order chi connectivity index (χ1) is 8.96. The van der Waals surface area contributed by atoms with Crippen LogP contribution in [0.3, 0.4) is 0 Å². The summed E-state index contributed by atoms with van der Waals surface area (Å²) in [7, 11) is 1.79. The number of urea groups is 1. The number of carbonyl (C=O) groups is 2. The van der Waals surface area contributed by atoms with Crippen molar-refractivity contribution in [3.05, 3.63) is 0 Å². The van der Waals surface area contributed by atoms with Gasteiger partial charge in [0, 0.05) is 31.8 Å². The Bertz CT molecular complexity index is 287. The largest absolute Gasteiger partial charge is 0.481 e. The van der Waals surface area contributed by atoms with Crippen LogP contribution >= 0.6 is 11.8 Å². The molecular weight excluding hydrogens is 264 g/mol. The maximum absolute atomic E-state index is 12.0. The molecule has 112 valence electrons. The molecule has 0 heterocycles. The van der Waals surface area contributed by atoms with Crippen LogP contribution in [-0.4, -0.2) is 53.6 Å². The molecule has 0 aromatic heterocycles. The third-order valence-electron chi connectivity index (χ3n) is 3.28. The highest BCUT2D eigenvalue weighted by molar-refractivity contribution is 7.98. The van der Waals surface area contributed by atoms with E-state index in [2.05, 4.69) is 12.2 Å². The third kappa shape index (κ3) is 7.30. The van der Waals surface area contributed by atoms with E-state index in [0.717, 1.165) is 18.6 Å². The lowest BCUT2D eigenvalue weighted by atomic mass is 10.0. The molecule has 5 nitrogen and oxygen atoms in total. The van der Waals surface area contributed by atoms with Crippen LogP contribution in [0.1, 0.15) is 33.1 Å². The van der Waals surface area contributed by atoms with E-state index >= 15 is 0 Å². The minimum atomic E-state index is -0.816. The average molecular weight is 290 g/mol. The number of amides is 2. The first-order valence-corrected chi connectivity index (χ1v) is 8.06. The Morgan fingerprint density at radius 2 is 1.95 bits per heavy atom. The molecule has 19 heavy (non-hydrogen) atoms. The molecule has 0 radical (unpaired) electrons. The Morgan fingerprint density at radius 1 is 1.32 bits per heavy atom. The van der Waals surface area contributed by atoms with Crippen LogP contribution in [0.15, 0.2) is 0 Å². The SMILES string of the molecule is CCC(CNC(=O)N(C)C(CC)CSC)CC(=O)O. The first-order valence-electron chi connectivity index (χ1n) is 6.67. The molecule has 0 fully saturated rings. The standard InChI is InChI=1S/C13H26N2O3S/c1-5-10(7-12(16)17)8-14-13(18)15(3)11(6-2)9-19-4/h10-11H,5-9H2,1-4H3,(H,14,18)(H,16,17). The Balaban J connectivity index is 4.23. The van der Waals surface area contributed by atoms with Gasteiger partial charge in [0.1, 0.15) is 0 Å². The van der Waals surface area contributed by atoms with Gasteiger partial charge < -0.3 is 15.3 Å². The Labute approximate surface area is 120 Å². The fourth-order valence-electron chi connectivity index (χ4n) is 1.83. The summed E-state index contributed by atoms with van der Waals surface area (Å²) in [5, 5.41) is 11.6. The smallest absolute Gasteiger partial charge is 0.317 e. The van der Waals surface area contributed by atoms with Crippen LogP contribution in [0.2, 0.25) is 0 Å². The number of aliphatic carboxylic acids is 1. The fourth-order valence-corrected chi connectivity index (χ4v) is 2.67. The van der Waals surface area contributed by atoms with Crippen molar-refractivity contribution in [1.82, 2.24) is 10.2 Å². The van der Waals surface area contributed by atoms with Gasteiger partial charge in [-0.25, -0.2) is 4.79 Å². The molecule has 0 aliphatic carbocycles. The predicted octanol–water partition coefficient (Wildman–Crippen LogP) is 2.27. The molecule has 2 amide bonds. The van der Waals surface area contributed by atoms with Gasteiger partial charge in [-0.15, -0.1) is 0 Å². The van der Waals surface area contributed by atoms with Gasteiger partial charge in [0.05, 0.1) is 0 Å². The zero-order valence-electron chi connectivity index (χ0n) is 12.3. The van der Waals surface area contributed by atoms with E-state index in [1.165, 1.54) is 0 Å². The maximum atomic E-state index is 12.0. The van der Waals surface area contributed by atoms with E-state index in [0.29, 0.717) is 6.54 Å². The summed E-state index contributed by atoms with van der Waals surface area (Å²) in [5.74, 6) is 0.0889. The van der Waals surface area contributed by atoms with Gasteiger partial charge in [0.2, 0.25) is 0 Å². The fraction of sp³-hybridized carbons (Fsp3) is 0.846. The van der Waals surface area contributed by atoms with Gasteiger partial charge in [-0.2, -0.15) is 11.8 Å². The second-order valence-electron chi connectivity index (χ2n) is 4.69. The molecule has 2 unspecified atom stereocenters. The van der Waals surface area contributed by atoms with Crippen LogP contribution < -0.4 is 5.32 Å². The van der Waals surface area contributed by atoms with Crippen LogP contribution in [0.5, 0.6) is 0 Å². The molecule has 0 aromatic rings. The maximum Gasteiger partial charge on any atom is 0.317 e. The van der Waals surface area contributed by atoms with Crippen LogP contribution in [-0.2, 0) is 4.79 Å². The van der Waals surface area contributed by atoms with E-state index in [-0.39, 0.29) is 24.4 Å². The highest BCUT2D eigenvalue weighted by Crippen LogP contribution is 2.10. The topological polar surface area (TPSA) is 69.6 Å². The number of nitrogens with one attached hydrogen (secondary N) is 1. The van der Waals surface area contributed by atoms with Crippen molar-refractivity contribution >= 4 is 23.8 Å². The highest BCUT2D eigenvalue weighted by atomic mass is 32.2. The lowest BCUT2D eigenvalue weighted by Crippen LogP contribution is -2.45. The van der Waals surface area contributed by atoms with Gasteiger partial charge in [-0.05, 0) is 18.6 Å². The monoisotopic (exact) mass is 290 g/mol. The number of carboxylic acids is 1. The highest BCUT2D eigenvalue weighted by Gasteiger charge is 2.19. The average Bonchev–Trinajstić information content (AvgIpc) is 2.39. The number of thioether (sulfide) groups is 1. The number of hydrogen-bond acceptors (Lipinski definition) is 3. The van der Waals surface area contributed by atoms with E-state index in [4.69, 9.17) is 5.11 Å². The summed E-state index contributed by atoms with van der Waals surface area (Å²) >= 11 is 1.72. The summed E-state index contributed by atoms with van der Waals surface area (Å²) < 4.78 is 0. The number of nitrogens with zero attached hydrogens (tertiary/aromatic N) is 1. The second kappa shape index (κ2) is 9.95. The first kappa shape index (κ1) is 18.1. The Kier molecular flexibility index (Phi) is 9.47. The normalized spacial score (nSPS) is 13.7. The quantitative estimate of drug-likeness (QED) is 0.683. The summed E-state index contributed by atoms with van der Waals surface area (Å²) in [6.07, 6.45) is 3.78. The van der Waals surface area contributed by atoms with Crippen molar-refractivity contribution in [3.8, 4) is 0 Å². The van der Waals surface area contributed by atoms with Crippen molar-refractivity contribution in [2.24, 2.45) is 5.92 Å². The third-order valence-corrected chi connectivity index (χ3v) is 4.00. The van der Waals surface area contributed by atoms with Gasteiger partial charge in [0.15, 0.2) is 0 Å². The van der Waals surface area contributed by atoms with Gasteiger partial charge in [-0.1, -0.05) is 20.3 Å². The molecule has 0 aliphatic rings. The Hall–Kier alpha value is -0.910. The lowest BCUT2D eigenvalue weighted by Gasteiger charge is -2.27. The molecule has 2 atom stereocenters. The van der Waals surface area contributed by atoms with Crippen molar-refractivity contribution in [2.75, 3.05) is 25.6 Å². The van der Waals surface area contributed by atoms with E-state index in [9.17, 15) is 9.59 Å². The number of rotatable bonds is 9. The molecule has 0 aliphatic heterocycles. The summed E-state index contributed by atoms with van der Waals surface area (Å²) in [4.78, 5) is 24.4. The zero-order chi connectivity index (χ0) is 14.8.